The van der Waals surface area contributed by atoms with Gasteiger partial charge in [0.2, 0.25) is 0 Å². The minimum absolute atomic E-state index is 0.0644. The molecule has 0 spiro atoms. The molecule has 1 N–H and O–H groups in total. The van der Waals surface area contributed by atoms with Crippen molar-refractivity contribution in [3.05, 3.63) is 35.1 Å². The smallest absolute Gasteiger partial charge is 0.199 e. The van der Waals surface area contributed by atoms with E-state index in [-0.39, 0.29) is 12.6 Å². The number of methoxy groups -OCH3 is 1. The maximum absolute atomic E-state index is 12.8. The van der Waals surface area contributed by atoms with Gasteiger partial charge < -0.3 is 19.1 Å². The fourth-order valence-electron chi connectivity index (χ4n) is 3.38. The van der Waals surface area contributed by atoms with Gasteiger partial charge in [-0.15, -0.1) is 0 Å². The van der Waals surface area contributed by atoms with Gasteiger partial charge >= 0.3 is 0 Å². The Bertz CT molecular complexity index is 766. The molecule has 0 bridgehead atoms. The summed E-state index contributed by atoms with van der Waals surface area (Å²) >= 11 is 0. The molecule has 1 atom stereocenters. The second-order valence-electron chi connectivity index (χ2n) is 5.60. The van der Waals surface area contributed by atoms with Crippen molar-refractivity contribution in [1.82, 2.24) is 5.16 Å². The molecular formula is C16H15NO5. The van der Waals surface area contributed by atoms with Crippen LogP contribution in [0.1, 0.15) is 34.5 Å². The van der Waals surface area contributed by atoms with Crippen LogP contribution in [-0.2, 0) is 16.8 Å². The van der Waals surface area contributed by atoms with E-state index < -0.39 is 5.60 Å². The molecule has 2 aromatic rings. The number of fused-ring (bicyclic) bond motifs is 2. The Morgan fingerprint density at radius 3 is 3.14 bits per heavy atom. The number of aliphatic hydroxyl groups is 1. The number of Topliss-reactive ketones (excluding diaryl/α,β-unsaturated/α-hetero) is 1. The topological polar surface area (TPSA) is 81.8 Å². The van der Waals surface area contributed by atoms with Crippen LogP contribution in [0, 0.1) is 0 Å². The molecule has 0 radical (unpaired) electrons. The van der Waals surface area contributed by atoms with Gasteiger partial charge in [0, 0.05) is 19.1 Å². The fraction of sp³-hybridized carbons (Fsp3) is 0.375. The maximum atomic E-state index is 12.8. The zero-order chi connectivity index (χ0) is 15.3. The summed E-state index contributed by atoms with van der Waals surface area (Å²) in [6.45, 7) is 0.0644. The number of hydrogen-bond acceptors (Lipinski definition) is 6. The summed E-state index contributed by atoms with van der Waals surface area (Å²) in [4.78, 5) is 12.8. The summed E-state index contributed by atoms with van der Waals surface area (Å²) in [6.07, 6.45) is 1.75. The van der Waals surface area contributed by atoms with Crippen LogP contribution in [0.3, 0.4) is 0 Å². The summed E-state index contributed by atoms with van der Waals surface area (Å²) in [6, 6.07) is 5.15. The molecule has 0 aliphatic heterocycles. The van der Waals surface area contributed by atoms with E-state index in [9.17, 15) is 9.90 Å². The van der Waals surface area contributed by atoms with Crippen LogP contribution in [0.2, 0.25) is 0 Å². The van der Waals surface area contributed by atoms with Crippen LogP contribution < -0.4 is 4.74 Å². The van der Waals surface area contributed by atoms with Crippen LogP contribution in [0.15, 0.2) is 22.7 Å². The number of rotatable bonds is 3. The Morgan fingerprint density at radius 2 is 2.32 bits per heavy atom. The van der Waals surface area contributed by atoms with E-state index in [2.05, 4.69) is 5.16 Å². The highest BCUT2D eigenvalue weighted by molar-refractivity contribution is 6.12. The molecule has 1 aromatic carbocycles. The summed E-state index contributed by atoms with van der Waals surface area (Å²) in [7, 11) is 1.53. The second kappa shape index (κ2) is 4.66. The Hall–Kier alpha value is -2.18. The molecule has 0 saturated heterocycles. The molecule has 6 nitrogen and oxygen atoms in total. The molecule has 114 valence electrons. The molecule has 22 heavy (non-hydrogen) atoms. The predicted octanol–water partition coefficient (Wildman–Crippen LogP) is 2.04. The van der Waals surface area contributed by atoms with Gasteiger partial charge in [0.1, 0.15) is 17.2 Å². The molecule has 6 heteroatoms. The van der Waals surface area contributed by atoms with E-state index >= 15 is 0 Å². The number of carbonyl (C=O) groups excluding carboxylic acids is 1. The van der Waals surface area contributed by atoms with Gasteiger partial charge in [0.25, 0.3) is 0 Å². The summed E-state index contributed by atoms with van der Waals surface area (Å²) < 4.78 is 15.8. The first-order valence-electron chi connectivity index (χ1n) is 7.18. The van der Waals surface area contributed by atoms with Gasteiger partial charge in [0.15, 0.2) is 18.2 Å². The monoisotopic (exact) mass is 301 g/mol. The molecule has 0 unspecified atom stereocenters. The molecule has 0 saturated carbocycles. The third kappa shape index (κ3) is 1.62. The Morgan fingerprint density at radius 1 is 1.45 bits per heavy atom. The lowest BCUT2D eigenvalue weighted by Crippen LogP contribution is -2.41. The number of ketones is 1. The predicted molar refractivity (Wildman–Crippen MR) is 75.6 cm³/mol. The number of nitrogens with zero attached hydrogens (tertiary/aromatic N) is 1. The number of aromatic nitrogens is 1. The first-order chi connectivity index (χ1) is 10.7. The van der Waals surface area contributed by atoms with Gasteiger partial charge in [-0.2, -0.15) is 0 Å². The van der Waals surface area contributed by atoms with Gasteiger partial charge in [-0.1, -0.05) is 17.3 Å². The molecular weight excluding hydrogens is 286 g/mol. The van der Waals surface area contributed by atoms with Crippen LogP contribution >= 0.6 is 0 Å². The first kappa shape index (κ1) is 13.5. The average molecular weight is 301 g/mol. The van der Waals surface area contributed by atoms with Crippen molar-refractivity contribution in [3.63, 3.8) is 0 Å². The Balaban J connectivity index is 1.98. The quantitative estimate of drug-likeness (QED) is 0.874. The van der Waals surface area contributed by atoms with E-state index in [0.29, 0.717) is 53.2 Å². The van der Waals surface area contributed by atoms with Gasteiger partial charge in [0.05, 0.1) is 11.1 Å². The van der Waals surface area contributed by atoms with Crippen molar-refractivity contribution in [1.29, 1.82) is 0 Å². The second-order valence-corrected chi connectivity index (χ2v) is 5.60. The fourth-order valence-corrected chi connectivity index (χ4v) is 3.38. The van der Waals surface area contributed by atoms with Crippen molar-refractivity contribution in [2.24, 2.45) is 0 Å². The molecule has 2 aliphatic rings. The van der Waals surface area contributed by atoms with E-state index in [1.54, 1.807) is 18.2 Å². The van der Waals surface area contributed by atoms with E-state index in [1.165, 1.54) is 7.11 Å². The van der Waals surface area contributed by atoms with Crippen LogP contribution in [0.4, 0.5) is 0 Å². The number of hydrogen-bond donors (Lipinski definition) is 1. The van der Waals surface area contributed by atoms with Gasteiger partial charge in [-0.05, 0) is 18.9 Å². The maximum Gasteiger partial charge on any atom is 0.199 e. The molecule has 1 heterocycles. The highest BCUT2D eigenvalue weighted by atomic mass is 16.7. The number of ether oxygens (including phenoxy) is 2. The third-order valence-corrected chi connectivity index (χ3v) is 4.33. The normalized spacial score (nSPS) is 22.2. The van der Waals surface area contributed by atoms with Gasteiger partial charge in [-0.25, -0.2) is 0 Å². The highest BCUT2D eigenvalue weighted by Crippen LogP contribution is 2.50. The Labute approximate surface area is 126 Å². The molecule has 1 aromatic heterocycles. The largest absolute Gasteiger partial charge is 0.467 e. The van der Waals surface area contributed by atoms with Crippen molar-refractivity contribution in [2.75, 3.05) is 13.9 Å². The summed E-state index contributed by atoms with van der Waals surface area (Å²) in [5.41, 5.74) is 0.449. The minimum atomic E-state index is -1.53. The zero-order valence-electron chi connectivity index (χ0n) is 12.1. The first-order valence-corrected chi connectivity index (χ1v) is 7.18. The van der Waals surface area contributed by atoms with Crippen molar-refractivity contribution in [3.8, 4) is 17.0 Å². The van der Waals surface area contributed by atoms with Crippen LogP contribution in [-0.4, -0.2) is 29.9 Å². The number of aryl methyl sites for hydroxylation is 1. The van der Waals surface area contributed by atoms with E-state index in [0.717, 1.165) is 0 Å². The SMILES string of the molecule is COCOc1cccc2c1-c1noc3c1[C@@](O)(CCC3)C2=O. The lowest BCUT2D eigenvalue weighted by Gasteiger charge is -2.34. The van der Waals surface area contributed by atoms with Crippen LogP contribution in [0.25, 0.3) is 11.3 Å². The van der Waals surface area contributed by atoms with Crippen molar-refractivity contribution in [2.45, 2.75) is 24.9 Å². The van der Waals surface area contributed by atoms with Crippen molar-refractivity contribution >= 4 is 5.78 Å². The molecule has 0 amide bonds. The highest BCUT2D eigenvalue weighted by Gasteiger charge is 2.51. The lowest BCUT2D eigenvalue weighted by molar-refractivity contribution is 0.0183. The summed E-state index contributed by atoms with van der Waals surface area (Å²) in [5.74, 6) is 0.766. The number of benzene rings is 1. The zero-order valence-corrected chi connectivity index (χ0v) is 12.1. The van der Waals surface area contributed by atoms with Gasteiger partial charge in [-0.3, -0.25) is 4.79 Å². The minimum Gasteiger partial charge on any atom is -0.467 e. The molecule has 0 fully saturated rings. The van der Waals surface area contributed by atoms with E-state index in [1.807, 2.05) is 0 Å². The average Bonchev–Trinajstić information content (AvgIpc) is 2.96. The van der Waals surface area contributed by atoms with Crippen molar-refractivity contribution < 1.29 is 23.9 Å². The molecule has 4 rings (SSSR count). The standard InChI is InChI=1S/C16H15NO5/c1-20-8-21-10-5-2-4-9-12(10)14-13-11(22-17-14)6-3-7-16(13,19)15(9)18/h2,4-5,19H,3,6-8H2,1H3/t16-/m0/s1. The Kier molecular flexibility index (Phi) is 2.85. The summed E-state index contributed by atoms with van der Waals surface area (Å²) in [5, 5.41) is 15.0. The lowest BCUT2D eigenvalue weighted by atomic mass is 9.71. The molecule has 2 aliphatic carbocycles. The van der Waals surface area contributed by atoms with Crippen LogP contribution in [0.5, 0.6) is 5.75 Å². The third-order valence-electron chi connectivity index (χ3n) is 4.33. The number of carbonyl (C=O) groups is 1. The van der Waals surface area contributed by atoms with E-state index in [4.69, 9.17) is 14.0 Å².